The monoisotopic (exact) mass is 218 g/mol. The van der Waals surface area contributed by atoms with E-state index in [1.54, 1.807) is 0 Å². The molecule has 1 nitrogen and oxygen atoms in total. The number of hydrogen-bond acceptors (Lipinski definition) is 1. The summed E-state index contributed by atoms with van der Waals surface area (Å²) in [5.41, 5.74) is 3.84. The van der Waals surface area contributed by atoms with Gasteiger partial charge >= 0.3 is 0 Å². The Balaban J connectivity index is 3.05. The van der Waals surface area contributed by atoms with Crippen LogP contribution in [0.1, 0.15) is 11.7 Å². The van der Waals surface area contributed by atoms with E-state index in [1.807, 2.05) is 30.3 Å². The molecule has 0 aliphatic heterocycles. The third-order valence-electron chi connectivity index (χ3n) is 2.39. The molecule has 1 N–H and O–H groups in total. The Bertz CT molecular complexity index is 369. The number of benzene rings is 1. The first-order chi connectivity index (χ1) is 6.96. The van der Waals surface area contributed by atoms with Crippen LogP contribution in [0.15, 0.2) is 47.8 Å². The van der Waals surface area contributed by atoms with Crippen LogP contribution < -0.4 is 0 Å². The predicted molar refractivity (Wildman–Crippen MR) is 67.4 cm³/mol. The quantitative estimate of drug-likeness (QED) is 0.609. The summed E-state index contributed by atoms with van der Waals surface area (Å²) in [6.07, 6.45) is -0.546. The van der Waals surface area contributed by atoms with E-state index in [0.29, 0.717) is 0 Å². The Morgan fingerprint density at radius 2 is 1.80 bits per heavy atom. The molecule has 0 saturated heterocycles. The van der Waals surface area contributed by atoms with Crippen LogP contribution in [-0.4, -0.2) is 13.2 Å². The van der Waals surface area contributed by atoms with Gasteiger partial charge in [0.25, 0.3) is 0 Å². The molecule has 0 saturated carbocycles. The fourth-order valence-electron chi connectivity index (χ4n) is 1.57. The minimum Gasteiger partial charge on any atom is -0.384 e. The fraction of sp³-hybridized carbons (Fsp3) is 0.308. The van der Waals surface area contributed by atoms with E-state index in [9.17, 15) is 5.11 Å². The molecule has 1 rings (SSSR count). The maximum absolute atomic E-state index is 10.2. The van der Waals surface area contributed by atoms with Gasteiger partial charge in [-0.3, -0.25) is 0 Å². The number of aliphatic hydroxyl groups excluding tert-OH is 1. The second-order valence-corrected chi connectivity index (χ2v) is 9.69. The van der Waals surface area contributed by atoms with Crippen molar-refractivity contribution in [3.63, 3.8) is 0 Å². The zero-order valence-electron chi connectivity index (χ0n) is 9.62. The molecule has 0 radical (unpaired) electrons. The van der Waals surface area contributed by atoms with Crippen molar-refractivity contribution in [2.24, 2.45) is 0 Å². The maximum Gasteiger partial charge on any atom is 0.104 e. The first-order valence-electron chi connectivity index (χ1n) is 5.10. The van der Waals surface area contributed by atoms with E-state index in [4.69, 9.17) is 0 Å². The van der Waals surface area contributed by atoms with Crippen molar-refractivity contribution >= 4 is 8.07 Å². The van der Waals surface area contributed by atoms with Gasteiger partial charge in [0.1, 0.15) is 6.10 Å². The van der Waals surface area contributed by atoms with Crippen LogP contribution in [0.3, 0.4) is 0 Å². The van der Waals surface area contributed by atoms with Gasteiger partial charge in [-0.25, -0.2) is 0 Å². The molecule has 0 spiro atoms. The van der Waals surface area contributed by atoms with Gasteiger partial charge in [0.15, 0.2) is 0 Å². The van der Waals surface area contributed by atoms with Gasteiger partial charge < -0.3 is 5.11 Å². The Kier molecular flexibility index (Phi) is 3.70. The summed E-state index contributed by atoms with van der Waals surface area (Å²) in [7, 11) is -1.54. The molecule has 0 bridgehead atoms. The van der Waals surface area contributed by atoms with Gasteiger partial charge in [0.05, 0.1) is 8.07 Å². The number of hydrogen-bond donors (Lipinski definition) is 1. The number of aliphatic hydroxyl groups is 1. The average Bonchev–Trinajstić information content (AvgIpc) is 2.18. The van der Waals surface area contributed by atoms with Crippen LogP contribution in [0.5, 0.6) is 0 Å². The van der Waals surface area contributed by atoms with E-state index < -0.39 is 14.2 Å². The molecule has 1 atom stereocenters. The molecule has 1 aromatic rings. The van der Waals surface area contributed by atoms with Gasteiger partial charge in [-0.15, -0.1) is 5.73 Å². The van der Waals surface area contributed by atoms with Crippen LogP contribution in [0, 0.1) is 0 Å². The summed E-state index contributed by atoms with van der Waals surface area (Å²) < 4.78 is 0. The maximum atomic E-state index is 10.2. The van der Waals surface area contributed by atoms with Crippen LogP contribution >= 0.6 is 0 Å². The molecule has 0 unspecified atom stereocenters. The van der Waals surface area contributed by atoms with Crippen molar-refractivity contribution in [3.05, 3.63) is 53.4 Å². The molecule has 2 heteroatoms. The normalized spacial score (nSPS) is 13.1. The summed E-state index contributed by atoms with van der Waals surface area (Å²) in [4.78, 5) is 0. The summed E-state index contributed by atoms with van der Waals surface area (Å²) in [6, 6.07) is 9.68. The van der Waals surface area contributed by atoms with Crippen molar-refractivity contribution < 1.29 is 5.11 Å². The molecule has 80 valence electrons. The zero-order chi connectivity index (χ0) is 11.5. The molecule has 0 aromatic heterocycles. The first-order valence-corrected chi connectivity index (χ1v) is 8.60. The second kappa shape index (κ2) is 4.62. The highest BCUT2D eigenvalue weighted by Crippen LogP contribution is 2.27. The standard InChI is InChI=1S/C13H18OSi/c1-5-12(15(2,3)4)13(14)11-9-7-6-8-10-11/h6-10,13-14H,1H2,2-4H3/t13-/m1/s1. The Morgan fingerprint density at radius 3 is 2.20 bits per heavy atom. The van der Waals surface area contributed by atoms with Crippen molar-refractivity contribution in [2.75, 3.05) is 0 Å². The van der Waals surface area contributed by atoms with Crippen LogP contribution in [-0.2, 0) is 0 Å². The fourth-order valence-corrected chi connectivity index (χ4v) is 3.09. The molecule has 0 aliphatic rings. The van der Waals surface area contributed by atoms with Gasteiger partial charge in [-0.1, -0.05) is 56.6 Å². The zero-order valence-corrected chi connectivity index (χ0v) is 10.6. The lowest BCUT2D eigenvalue weighted by atomic mass is 10.1. The third-order valence-corrected chi connectivity index (χ3v) is 4.45. The van der Waals surface area contributed by atoms with Crippen molar-refractivity contribution in [1.29, 1.82) is 0 Å². The molecule has 0 fully saturated rings. The van der Waals surface area contributed by atoms with Crippen molar-refractivity contribution in [1.82, 2.24) is 0 Å². The minimum absolute atomic E-state index is 0.546. The van der Waals surface area contributed by atoms with Crippen LogP contribution in [0.25, 0.3) is 0 Å². The van der Waals surface area contributed by atoms with Gasteiger partial charge in [0.2, 0.25) is 0 Å². The Morgan fingerprint density at radius 1 is 1.27 bits per heavy atom. The highest BCUT2D eigenvalue weighted by Gasteiger charge is 2.26. The lowest BCUT2D eigenvalue weighted by molar-refractivity contribution is 0.222. The van der Waals surface area contributed by atoms with E-state index in [1.165, 1.54) is 0 Å². The topological polar surface area (TPSA) is 20.2 Å². The predicted octanol–water partition coefficient (Wildman–Crippen LogP) is 3.31. The number of rotatable bonds is 3. The minimum atomic E-state index is -1.54. The molecule has 1 aromatic carbocycles. The van der Waals surface area contributed by atoms with E-state index in [0.717, 1.165) is 10.8 Å². The summed E-state index contributed by atoms with van der Waals surface area (Å²) in [5.74, 6) is 0. The highest BCUT2D eigenvalue weighted by molar-refractivity contribution is 6.83. The molecule has 0 aliphatic carbocycles. The Labute approximate surface area is 92.8 Å². The van der Waals surface area contributed by atoms with Crippen LogP contribution in [0.2, 0.25) is 19.6 Å². The lowest BCUT2D eigenvalue weighted by Gasteiger charge is -2.23. The van der Waals surface area contributed by atoms with E-state index in [2.05, 4.69) is 32.0 Å². The van der Waals surface area contributed by atoms with E-state index in [-0.39, 0.29) is 0 Å². The molecule has 0 amide bonds. The smallest absolute Gasteiger partial charge is 0.104 e. The summed E-state index contributed by atoms with van der Waals surface area (Å²) >= 11 is 0. The lowest BCUT2D eigenvalue weighted by Crippen LogP contribution is -2.27. The van der Waals surface area contributed by atoms with Gasteiger partial charge in [-0.2, -0.15) is 0 Å². The third kappa shape index (κ3) is 2.93. The Hall–Kier alpha value is -1.08. The summed E-state index contributed by atoms with van der Waals surface area (Å²) in [5, 5.41) is 11.2. The highest BCUT2D eigenvalue weighted by atomic mass is 28.3. The van der Waals surface area contributed by atoms with Gasteiger partial charge in [-0.05, 0) is 10.8 Å². The summed E-state index contributed by atoms with van der Waals surface area (Å²) in [6.45, 7) is 10.2. The second-order valence-electron chi connectivity index (χ2n) is 4.65. The largest absolute Gasteiger partial charge is 0.384 e. The average molecular weight is 218 g/mol. The molecule has 0 heterocycles. The van der Waals surface area contributed by atoms with Gasteiger partial charge in [0, 0.05) is 0 Å². The SMILES string of the molecule is C=C=C([C@H](O)c1ccccc1)[Si](C)(C)C. The van der Waals surface area contributed by atoms with Crippen LogP contribution in [0.4, 0.5) is 0 Å². The van der Waals surface area contributed by atoms with Crippen molar-refractivity contribution in [2.45, 2.75) is 25.7 Å². The molecular weight excluding hydrogens is 200 g/mol. The first kappa shape index (κ1) is 12.0. The molecular formula is C13H18OSi. The van der Waals surface area contributed by atoms with Crippen molar-refractivity contribution in [3.8, 4) is 0 Å². The van der Waals surface area contributed by atoms with E-state index >= 15 is 0 Å². The molecule has 15 heavy (non-hydrogen) atoms.